The van der Waals surface area contributed by atoms with E-state index in [-0.39, 0.29) is 5.60 Å². The standard InChI is InChI=1S/C16H34O/c1-5-9-12-15(11-7-3)16(17,13-8-4)14-10-6-2/h15,17H,5-14H2,1-4H3. The summed E-state index contributed by atoms with van der Waals surface area (Å²) in [5, 5.41) is 11.0. The van der Waals surface area contributed by atoms with Gasteiger partial charge in [-0.1, -0.05) is 66.2 Å². The molecule has 2 atom stereocenters. The van der Waals surface area contributed by atoms with Crippen LogP contribution in [0.3, 0.4) is 0 Å². The minimum atomic E-state index is -0.379. The SMILES string of the molecule is CCCCC(CCC)C(O)(CCC)CCCC. The fraction of sp³-hybridized carbons (Fsp3) is 1.00. The Morgan fingerprint density at radius 3 is 1.88 bits per heavy atom. The predicted molar refractivity (Wildman–Crippen MR) is 77.3 cm³/mol. The first kappa shape index (κ1) is 17.0. The monoisotopic (exact) mass is 242 g/mol. The van der Waals surface area contributed by atoms with Crippen LogP contribution in [0.15, 0.2) is 0 Å². The summed E-state index contributed by atoms with van der Waals surface area (Å²) in [4.78, 5) is 0. The van der Waals surface area contributed by atoms with Gasteiger partial charge in [0.1, 0.15) is 0 Å². The second-order valence-electron chi connectivity index (χ2n) is 5.58. The van der Waals surface area contributed by atoms with Crippen LogP contribution in [0.1, 0.15) is 91.9 Å². The van der Waals surface area contributed by atoms with Crippen LogP contribution in [0.4, 0.5) is 0 Å². The van der Waals surface area contributed by atoms with E-state index in [2.05, 4.69) is 27.7 Å². The zero-order valence-corrected chi connectivity index (χ0v) is 12.6. The highest BCUT2D eigenvalue weighted by Crippen LogP contribution is 2.35. The van der Waals surface area contributed by atoms with E-state index >= 15 is 0 Å². The average Bonchev–Trinajstić information content (AvgIpc) is 2.32. The van der Waals surface area contributed by atoms with E-state index in [4.69, 9.17) is 0 Å². The van der Waals surface area contributed by atoms with E-state index in [1.54, 1.807) is 0 Å². The van der Waals surface area contributed by atoms with Crippen molar-refractivity contribution in [3.63, 3.8) is 0 Å². The second kappa shape index (κ2) is 9.94. The molecule has 0 aliphatic heterocycles. The lowest BCUT2D eigenvalue weighted by Gasteiger charge is -2.37. The van der Waals surface area contributed by atoms with Crippen LogP contribution in [0.2, 0.25) is 0 Å². The minimum Gasteiger partial charge on any atom is -0.390 e. The van der Waals surface area contributed by atoms with Gasteiger partial charge in [0.25, 0.3) is 0 Å². The number of unbranched alkanes of at least 4 members (excludes halogenated alkanes) is 2. The van der Waals surface area contributed by atoms with E-state index in [0.29, 0.717) is 5.92 Å². The van der Waals surface area contributed by atoms with Crippen LogP contribution in [0.25, 0.3) is 0 Å². The molecule has 0 fully saturated rings. The Morgan fingerprint density at radius 1 is 0.765 bits per heavy atom. The lowest BCUT2D eigenvalue weighted by molar-refractivity contribution is -0.0433. The molecule has 0 bridgehead atoms. The summed E-state index contributed by atoms with van der Waals surface area (Å²) in [6.07, 6.45) is 11.6. The summed E-state index contributed by atoms with van der Waals surface area (Å²) in [6.45, 7) is 8.89. The molecule has 1 heteroatoms. The number of aliphatic hydroxyl groups is 1. The normalized spacial score (nSPS) is 16.8. The van der Waals surface area contributed by atoms with Crippen LogP contribution in [0, 0.1) is 5.92 Å². The molecule has 1 nitrogen and oxygen atoms in total. The fourth-order valence-corrected chi connectivity index (χ4v) is 2.93. The lowest BCUT2D eigenvalue weighted by atomic mass is 9.75. The number of hydrogen-bond donors (Lipinski definition) is 1. The summed E-state index contributed by atoms with van der Waals surface area (Å²) in [6, 6.07) is 0. The van der Waals surface area contributed by atoms with Crippen LogP contribution < -0.4 is 0 Å². The Morgan fingerprint density at radius 2 is 1.41 bits per heavy atom. The Bertz CT molecular complexity index is 167. The molecular formula is C16H34O. The van der Waals surface area contributed by atoms with Gasteiger partial charge in [-0.05, 0) is 31.6 Å². The van der Waals surface area contributed by atoms with Crippen LogP contribution in [0.5, 0.6) is 0 Å². The van der Waals surface area contributed by atoms with Gasteiger partial charge in [0.15, 0.2) is 0 Å². The van der Waals surface area contributed by atoms with Crippen LogP contribution in [-0.2, 0) is 0 Å². The molecule has 0 aromatic carbocycles. The summed E-state index contributed by atoms with van der Waals surface area (Å²) < 4.78 is 0. The van der Waals surface area contributed by atoms with Crippen molar-refractivity contribution in [1.82, 2.24) is 0 Å². The molecule has 2 unspecified atom stereocenters. The van der Waals surface area contributed by atoms with Crippen molar-refractivity contribution in [2.45, 2.75) is 97.5 Å². The minimum absolute atomic E-state index is 0.379. The first-order valence-corrected chi connectivity index (χ1v) is 7.86. The Kier molecular flexibility index (Phi) is 9.91. The van der Waals surface area contributed by atoms with E-state index < -0.39 is 0 Å². The van der Waals surface area contributed by atoms with Crippen molar-refractivity contribution < 1.29 is 5.11 Å². The highest BCUT2D eigenvalue weighted by atomic mass is 16.3. The third kappa shape index (κ3) is 6.45. The smallest absolute Gasteiger partial charge is 0.0675 e. The molecule has 0 aromatic rings. The molecular weight excluding hydrogens is 208 g/mol. The molecule has 0 heterocycles. The fourth-order valence-electron chi connectivity index (χ4n) is 2.93. The largest absolute Gasteiger partial charge is 0.390 e. The zero-order valence-electron chi connectivity index (χ0n) is 12.6. The van der Waals surface area contributed by atoms with Gasteiger partial charge in [0, 0.05) is 0 Å². The topological polar surface area (TPSA) is 20.2 Å². The predicted octanol–water partition coefficient (Wildman–Crippen LogP) is 5.31. The highest BCUT2D eigenvalue weighted by molar-refractivity contribution is 4.86. The quantitative estimate of drug-likeness (QED) is 0.520. The van der Waals surface area contributed by atoms with Gasteiger partial charge in [0.05, 0.1) is 5.60 Å². The highest BCUT2D eigenvalue weighted by Gasteiger charge is 2.33. The van der Waals surface area contributed by atoms with Crippen molar-refractivity contribution in [3.05, 3.63) is 0 Å². The maximum absolute atomic E-state index is 11.0. The first-order valence-electron chi connectivity index (χ1n) is 7.86. The molecule has 0 rings (SSSR count). The third-order valence-corrected chi connectivity index (χ3v) is 3.95. The molecule has 0 aromatic heterocycles. The van der Waals surface area contributed by atoms with Crippen LogP contribution >= 0.6 is 0 Å². The Balaban J connectivity index is 4.53. The molecule has 0 saturated carbocycles. The Hall–Kier alpha value is -0.0400. The van der Waals surface area contributed by atoms with E-state index in [9.17, 15) is 5.11 Å². The zero-order chi connectivity index (χ0) is 13.1. The van der Waals surface area contributed by atoms with Gasteiger partial charge in [-0.3, -0.25) is 0 Å². The van der Waals surface area contributed by atoms with Crippen molar-refractivity contribution >= 4 is 0 Å². The number of hydrogen-bond acceptors (Lipinski definition) is 1. The van der Waals surface area contributed by atoms with Gasteiger partial charge in [0.2, 0.25) is 0 Å². The van der Waals surface area contributed by atoms with Gasteiger partial charge < -0.3 is 5.11 Å². The molecule has 0 spiro atoms. The number of rotatable bonds is 11. The van der Waals surface area contributed by atoms with Gasteiger partial charge in [-0.25, -0.2) is 0 Å². The maximum Gasteiger partial charge on any atom is 0.0675 e. The van der Waals surface area contributed by atoms with Gasteiger partial charge in [-0.15, -0.1) is 0 Å². The molecule has 0 aliphatic carbocycles. The van der Waals surface area contributed by atoms with E-state index in [1.807, 2.05) is 0 Å². The molecule has 0 saturated heterocycles. The Labute approximate surface area is 109 Å². The van der Waals surface area contributed by atoms with Gasteiger partial charge in [-0.2, -0.15) is 0 Å². The summed E-state index contributed by atoms with van der Waals surface area (Å²) >= 11 is 0. The molecule has 0 radical (unpaired) electrons. The summed E-state index contributed by atoms with van der Waals surface area (Å²) in [5.41, 5.74) is -0.379. The third-order valence-electron chi connectivity index (χ3n) is 3.95. The molecule has 104 valence electrons. The molecule has 17 heavy (non-hydrogen) atoms. The summed E-state index contributed by atoms with van der Waals surface area (Å²) in [5.74, 6) is 0.527. The molecule has 0 aliphatic rings. The van der Waals surface area contributed by atoms with Crippen molar-refractivity contribution in [2.75, 3.05) is 0 Å². The maximum atomic E-state index is 11.0. The average molecular weight is 242 g/mol. The van der Waals surface area contributed by atoms with Crippen molar-refractivity contribution in [2.24, 2.45) is 5.92 Å². The molecule has 1 N–H and O–H groups in total. The summed E-state index contributed by atoms with van der Waals surface area (Å²) in [7, 11) is 0. The van der Waals surface area contributed by atoms with Crippen molar-refractivity contribution in [1.29, 1.82) is 0 Å². The van der Waals surface area contributed by atoms with E-state index in [0.717, 1.165) is 19.3 Å². The van der Waals surface area contributed by atoms with Crippen LogP contribution in [-0.4, -0.2) is 10.7 Å². The first-order chi connectivity index (χ1) is 8.14. The molecule has 0 amide bonds. The van der Waals surface area contributed by atoms with Gasteiger partial charge >= 0.3 is 0 Å². The van der Waals surface area contributed by atoms with Crippen molar-refractivity contribution in [3.8, 4) is 0 Å². The lowest BCUT2D eigenvalue weighted by Crippen LogP contribution is -2.38. The second-order valence-corrected chi connectivity index (χ2v) is 5.58. The van der Waals surface area contributed by atoms with E-state index in [1.165, 1.54) is 44.9 Å².